The van der Waals surface area contributed by atoms with E-state index in [0.717, 1.165) is 27.8 Å². The number of rotatable bonds is 8. The Hall–Kier alpha value is -5.34. The van der Waals surface area contributed by atoms with Crippen LogP contribution in [0.2, 0.25) is 0 Å². The highest BCUT2D eigenvalue weighted by molar-refractivity contribution is 7.92. The molecule has 0 aliphatic rings. The Morgan fingerprint density at radius 3 is 2.02 bits per heavy atom. The first kappa shape index (κ1) is 26.9. The number of phenols is 1. The zero-order valence-electron chi connectivity index (χ0n) is 22.2. The van der Waals surface area contributed by atoms with Crippen LogP contribution >= 0.6 is 0 Å². The van der Waals surface area contributed by atoms with Gasteiger partial charge in [-0.2, -0.15) is 0 Å². The van der Waals surface area contributed by atoms with Crippen molar-refractivity contribution in [3.05, 3.63) is 139 Å². The number of hydrogen-bond donors (Lipinski definition) is 2. The Morgan fingerprint density at radius 1 is 0.690 bits per heavy atom. The number of furan rings is 1. The largest absolute Gasteiger partial charge is 0.508 e. The number of carboxylic acid groups (broad SMARTS) is 1. The van der Waals surface area contributed by atoms with Crippen LogP contribution in [0.5, 0.6) is 5.75 Å². The summed E-state index contributed by atoms with van der Waals surface area (Å²) in [5, 5.41) is 19.7. The van der Waals surface area contributed by atoms with Gasteiger partial charge in [0.05, 0.1) is 17.1 Å². The molecule has 42 heavy (non-hydrogen) atoms. The lowest BCUT2D eigenvalue weighted by Crippen LogP contribution is -2.30. The van der Waals surface area contributed by atoms with Crippen molar-refractivity contribution in [3.63, 3.8) is 0 Å². The van der Waals surface area contributed by atoms with Gasteiger partial charge in [-0.15, -0.1) is 0 Å². The molecule has 6 aromatic rings. The molecule has 0 bridgehead atoms. The van der Waals surface area contributed by atoms with Gasteiger partial charge in [-0.1, -0.05) is 78.9 Å². The monoisotopic (exact) mass is 575 g/mol. The minimum Gasteiger partial charge on any atom is -0.508 e. The smallest absolute Gasteiger partial charge is 0.371 e. The summed E-state index contributed by atoms with van der Waals surface area (Å²) < 4.78 is 35.0. The normalized spacial score (nSPS) is 11.4. The van der Waals surface area contributed by atoms with Crippen LogP contribution in [0, 0.1) is 0 Å². The molecule has 0 spiro atoms. The molecular weight excluding hydrogens is 550 g/mol. The van der Waals surface area contributed by atoms with Crippen LogP contribution in [0.25, 0.3) is 33.2 Å². The van der Waals surface area contributed by atoms with Gasteiger partial charge in [0.25, 0.3) is 10.0 Å². The minimum atomic E-state index is -4.06. The number of phenolic OH excluding ortho intramolecular Hbond substituents is 1. The van der Waals surface area contributed by atoms with Crippen LogP contribution in [-0.4, -0.2) is 24.6 Å². The summed E-state index contributed by atoms with van der Waals surface area (Å²) in [6.07, 6.45) is 0. The second-order valence-electron chi connectivity index (χ2n) is 9.79. The first-order valence-corrected chi connectivity index (χ1v) is 14.6. The van der Waals surface area contributed by atoms with Gasteiger partial charge < -0.3 is 14.6 Å². The van der Waals surface area contributed by atoms with Gasteiger partial charge in [0, 0.05) is 5.39 Å². The summed E-state index contributed by atoms with van der Waals surface area (Å²) in [6, 6.07) is 37.0. The van der Waals surface area contributed by atoms with Crippen molar-refractivity contribution >= 4 is 32.6 Å². The first-order valence-electron chi connectivity index (χ1n) is 13.1. The standard InChI is InChI=1S/C34H25NO6S/c36-30-8-4-7-27(20-30)26-13-16-31(17-14-26)42(39,40)35(29-15-18-32-28(19-29)21-33(41-32)34(37)38)22-23-9-11-25(12-10-23)24-5-2-1-3-6-24/h1-21,36H,22H2,(H,37,38). The van der Waals surface area contributed by atoms with E-state index < -0.39 is 16.0 Å². The molecule has 1 heterocycles. The first-order chi connectivity index (χ1) is 20.3. The van der Waals surface area contributed by atoms with Crippen molar-refractivity contribution in [2.75, 3.05) is 4.31 Å². The second kappa shape index (κ2) is 10.9. The van der Waals surface area contributed by atoms with Crippen LogP contribution < -0.4 is 4.31 Å². The zero-order chi connectivity index (χ0) is 29.3. The van der Waals surface area contributed by atoms with Crippen LogP contribution in [-0.2, 0) is 16.6 Å². The molecule has 1 aromatic heterocycles. The van der Waals surface area contributed by atoms with E-state index in [1.54, 1.807) is 60.7 Å². The molecule has 0 saturated heterocycles. The summed E-state index contributed by atoms with van der Waals surface area (Å²) in [4.78, 5) is 11.5. The quantitative estimate of drug-likeness (QED) is 0.194. The third-order valence-electron chi connectivity index (χ3n) is 7.01. The van der Waals surface area contributed by atoms with Crippen LogP contribution in [0.4, 0.5) is 5.69 Å². The van der Waals surface area contributed by atoms with Gasteiger partial charge in [0.1, 0.15) is 11.3 Å². The predicted molar refractivity (Wildman–Crippen MR) is 162 cm³/mol. The van der Waals surface area contributed by atoms with Crippen molar-refractivity contribution < 1.29 is 27.8 Å². The molecule has 5 aromatic carbocycles. The molecule has 0 radical (unpaired) electrons. The van der Waals surface area contributed by atoms with E-state index in [0.29, 0.717) is 16.7 Å². The summed E-state index contributed by atoms with van der Waals surface area (Å²) in [5.74, 6) is -1.31. The van der Waals surface area contributed by atoms with E-state index in [4.69, 9.17) is 4.42 Å². The van der Waals surface area contributed by atoms with E-state index in [2.05, 4.69) is 0 Å². The molecule has 0 fully saturated rings. The van der Waals surface area contributed by atoms with Crippen molar-refractivity contribution in [2.45, 2.75) is 11.4 Å². The Bertz CT molecular complexity index is 2000. The SMILES string of the molecule is O=C(O)c1cc2cc(N(Cc3ccc(-c4ccccc4)cc3)S(=O)(=O)c3ccc(-c4cccc(O)c4)cc3)ccc2o1. The van der Waals surface area contributed by atoms with Gasteiger partial charge in [-0.25, -0.2) is 13.2 Å². The topological polar surface area (TPSA) is 108 Å². The molecular formula is C34H25NO6S. The average Bonchev–Trinajstić information content (AvgIpc) is 3.45. The third-order valence-corrected chi connectivity index (χ3v) is 8.80. The van der Waals surface area contributed by atoms with Gasteiger partial charge in [-0.3, -0.25) is 4.31 Å². The Morgan fingerprint density at radius 2 is 1.33 bits per heavy atom. The fourth-order valence-electron chi connectivity index (χ4n) is 4.84. The number of anilines is 1. The number of sulfonamides is 1. The van der Waals surface area contributed by atoms with Crippen molar-refractivity contribution in [3.8, 4) is 28.0 Å². The van der Waals surface area contributed by atoms with E-state index in [-0.39, 0.29) is 22.9 Å². The molecule has 0 aliphatic carbocycles. The maximum Gasteiger partial charge on any atom is 0.371 e. The molecule has 8 heteroatoms. The van der Waals surface area contributed by atoms with E-state index in [9.17, 15) is 23.4 Å². The molecule has 7 nitrogen and oxygen atoms in total. The maximum absolute atomic E-state index is 14.1. The number of carboxylic acids is 1. The number of nitrogens with zero attached hydrogens (tertiary/aromatic N) is 1. The van der Waals surface area contributed by atoms with Crippen LogP contribution in [0.15, 0.2) is 137 Å². The van der Waals surface area contributed by atoms with Gasteiger partial charge in [-0.05, 0) is 76.3 Å². The minimum absolute atomic E-state index is 0.0425. The van der Waals surface area contributed by atoms with Gasteiger partial charge in [0.2, 0.25) is 5.76 Å². The highest BCUT2D eigenvalue weighted by Crippen LogP contribution is 2.32. The number of fused-ring (bicyclic) bond motifs is 1. The number of hydrogen-bond acceptors (Lipinski definition) is 5. The lowest BCUT2D eigenvalue weighted by atomic mass is 10.0. The summed E-state index contributed by atoms with van der Waals surface area (Å²) in [5.41, 5.74) is 5.06. The lowest BCUT2D eigenvalue weighted by Gasteiger charge is -2.25. The lowest BCUT2D eigenvalue weighted by molar-refractivity contribution is 0.0665. The van der Waals surface area contributed by atoms with E-state index >= 15 is 0 Å². The van der Waals surface area contributed by atoms with Gasteiger partial charge in [0.15, 0.2) is 0 Å². The molecule has 0 amide bonds. The van der Waals surface area contributed by atoms with Crippen molar-refractivity contribution in [1.82, 2.24) is 0 Å². The zero-order valence-corrected chi connectivity index (χ0v) is 23.0. The number of benzene rings is 5. The van der Waals surface area contributed by atoms with Gasteiger partial charge >= 0.3 is 5.97 Å². The molecule has 2 N–H and O–H groups in total. The van der Waals surface area contributed by atoms with E-state index in [1.807, 2.05) is 60.7 Å². The third kappa shape index (κ3) is 5.35. The number of aromatic hydroxyl groups is 1. The highest BCUT2D eigenvalue weighted by Gasteiger charge is 2.26. The number of aromatic carboxylic acids is 1. The molecule has 0 saturated carbocycles. The Balaban J connectivity index is 1.39. The fraction of sp³-hybridized carbons (Fsp3) is 0.0294. The van der Waals surface area contributed by atoms with Crippen molar-refractivity contribution in [2.24, 2.45) is 0 Å². The summed E-state index contributed by atoms with van der Waals surface area (Å²) >= 11 is 0. The highest BCUT2D eigenvalue weighted by atomic mass is 32.2. The fourth-order valence-corrected chi connectivity index (χ4v) is 6.28. The van der Waals surface area contributed by atoms with E-state index in [1.165, 1.54) is 10.4 Å². The van der Waals surface area contributed by atoms with Crippen molar-refractivity contribution in [1.29, 1.82) is 0 Å². The molecule has 208 valence electrons. The summed E-state index contributed by atoms with van der Waals surface area (Å²) in [7, 11) is -4.06. The molecule has 6 rings (SSSR count). The maximum atomic E-state index is 14.1. The van der Waals surface area contributed by atoms with Crippen LogP contribution in [0.1, 0.15) is 16.1 Å². The summed E-state index contributed by atoms with van der Waals surface area (Å²) in [6.45, 7) is 0.0425. The molecule has 0 aliphatic heterocycles. The average molecular weight is 576 g/mol. The molecule has 0 unspecified atom stereocenters. The Kier molecular flexibility index (Phi) is 6.98. The predicted octanol–water partition coefficient (Wildman–Crippen LogP) is 7.57. The molecule has 0 atom stereocenters. The van der Waals surface area contributed by atoms with Crippen LogP contribution in [0.3, 0.4) is 0 Å². The number of carbonyl (C=O) groups is 1. The Labute approximate surface area is 242 Å². The second-order valence-corrected chi connectivity index (χ2v) is 11.6.